The molecule has 1 aromatic carbocycles. The van der Waals surface area contributed by atoms with Gasteiger partial charge in [0.05, 0.1) is 16.7 Å². The van der Waals surface area contributed by atoms with Crippen molar-refractivity contribution in [3.05, 3.63) is 28.3 Å². The summed E-state index contributed by atoms with van der Waals surface area (Å²) in [5.74, 6) is 0.0666. The highest BCUT2D eigenvalue weighted by Gasteiger charge is 2.19. The third-order valence-electron chi connectivity index (χ3n) is 3.01. The Morgan fingerprint density at radius 2 is 2.00 bits per heavy atom. The fourth-order valence-corrected chi connectivity index (χ4v) is 2.44. The number of non-ortho nitro benzene ring substituents is 1. The summed E-state index contributed by atoms with van der Waals surface area (Å²) in [4.78, 5) is 12.2. The first-order chi connectivity index (χ1) is 9.08. The van der Waals surface area contributed by atoms with Crippen molar-refractivity contribution in [3.8, 4) is 5.75 Å². The van der Waals surface area contributed by atoms with Crippen molar-refractivity contribution in [2.45, 2.75) is 19.3 Å². The van der Waals surface area contributed by atoms with Gasteiger partial charge in [-0.2, -0.15) is 4.21 Å². The van der Waals surface area contributed by atoms with Gasteiger partial charge in [0.15, 0.2) is 5.75 Å². The van der Waals surface area contributed by atoms with E-state index in [4.69, 9.17) is 8.74 Å². The number of nitrogens with zero attached hydrogens (tertiary/aromatic N) is 2. The minimum atomic E-state index is -2.50. The highest BCUT2D eigenvalue weighted by Crippen LogP contribution is 2.34. The van der Waals surface area contributed by atoms with Crippen LogP contribution in [0.5, 0.6) is 5.75 Å². The first kappa shape index (κ1) is 13.8. The molecular weight excluding hydrogens is 272 g/mol. The predicted molar refractivity (Wildman–Crippen MR) is 70.6 cm³/mol. The smallest absolute Gasteiger partial charge is 0.357 e. The summed E-state index contributed by atoms with van der Waals surface area (Å²) in [5, 5.41) is 10.7. The van der Waals surface area contributed by atoms with Crippen LogP contribution < -0.4 is 9.08 Å². The normalized spacial score (nSPS) is 17.0. The van der Waals surface area contributed by atoms with Gasteiger partial charge in [-0.1, -0.05) is 0 Å². The van der Waals surface area contributed by atoms with E-state index in [1.807, 2.05) is 4.90 Å². The van der Waals surface area contributed by atoms with Crippen LogP contribution in [0, 0.1) is 10.1 Å². The van der Waals surface area contributed by atoms with Crippen molar-refractivity contribution in [3.63, 3.8) is 0 Å². The van der Waals surface area contributed by atoms with E-state index < -0.39 is 16.3 Å². The number of hydrogen-bond acceptors (Lipinski definition) is 5. The van der Waals surface area contributed by atoms with Crippen LogP contribution in [-0.4, -0.2) is 26.8 Å². The number of benzene rings is 1. The second-order valence-electron chi connectivity index (χ2n) is 4.26. The molecule has 1 fully saturated rings. The van der Waals surface area contributed by atoms with E-state index in [-0.39, 0.29) is 11.4 Å². The molecule has 7 nitrogen and oxygen atoms in total. The topological polar surface area (TPSA) is 92.9 Å². The Hall–Kier alpha value is -1.67. The van der Waals surface area contributed by atoms with E-state index in [1.165, 1.54) is 12.1 Å². The number of hydrogen-bond donors (Lipinski definition) is 1. The molecule has 1 aliphatic heterocycles. The molecule has 1 N–H and O–H groups in total. The maximum Gasteiger partial charge on any atom is 0.357 e. The zero-order valence-electron chi connectivity index (χ0n) is 10.2. The van der Waals surface area contributed by atoms with Gasteiger partial charge in [-0.15, -0.1) is 0 Å². The van der Waals surface area contributed by atoms with Crippen LogP contribution in [0.1, 0.15) is 19.3 Å². The van der Waals surface area contributed by atoms with E-state index in [0.717, 1.165) is 32.4 Å². The molecular formula is C11H14N2O5S. The lowest BCUT2D eigenvalue weighted by molar-refractivity contribution is -0.384. The summed E-state index contributed by atoms with van der Waals surface area (Å²) in [6.07, 6.45) is 3.20. The second kappa shape index (κ2) is 5.98. The van der Waals surface area contributed by atoms with E-state index in [0.29, 0.717) is 5.69 Å². The fraction of sp³-hybridized carbons (Fsp3) is 0.455. The van der Waals surface area contributed by atoms with Gasteiger partial charge in [-0.25, -0.2) is 0 Å². The molecule has 1 aliphatic rings. The molecule has 1 atom stereocenters. The Labute approximate surface area is 112 Å². The fourth-order valence-electron chi connectivity index (χ4n) is 2.16. The minimum Gasteiger partial charge on any atom is -0.378 e. The number of nitro benzene ring substituents is 1. The van der Waals surface area contributed by atoms with Gasteiger partial charge in [0.1, 0.15) is 0 Å². The maximum atomic E-state index is 10.8. The second-order valence-corrected chi connectivity index (χ2v) is 4.86. The lowest BCUT2D eigenvalue weighted by Gasteiger charge is -2.29. The Morgan fingerprint density at radius 1 is 1.32 bits per heavy atom. The molecule has 0 amide bonds. The van der Waals surface area contributed by atoms with Crippen LogP contribution in [0.3, 0.4) is 0 Å². The quantitative estimate of drug-likeness (QED) is 0.517. The van der Waals surface area contributed by atoms with Crippen LogP contribution in [0.2, 0.25) is 0 Å². The van der Waals surface area contributed by atoms with Crippen molar-refractivity contribution in [1.29, 1.82) is 0 Å². The van der Waals surface area contributed by atoms with Gasteiger partial charge >= 0.3 is 11.4 Å². The molecule has 0 saturated carbocycles. The molecule has 1 aromatic rings. The Bertz CT molecular complexity index is 502. The van der Waals surface area contributed by atoms with Crippen LogP contribution in [0.15, 0.2) is 18.2 Å². The molecule has 8 heteroatoms. The Balaban J connectivity index is 2.34. The van der Waals surface area contributed by atoms with Crippen molar-refractivity contribution in [2.24, 2.45) is 0 Å². The van der Waals surface area contributed by atoms with Gasteiger partial charge in [0.2, 0.25) is 0 Å². The number of piperidine rings is 1. The molecule has 2 rings (SSSR count). The summed E-state index contributed by atoms with van der Waals surface area (Å²) < 4.78 is 24.4. The predicted octanol–water partition coefficient (Wildman–Crippen LogP) is 2.10. The minimum absolute atomic E-state index is 0.0666. The molecule has 0 aliphatic carbocycles. The van der Waals surface area contributed by atoms with E-state index in [2.05, 4.69) is 0 Å². The Morgan fingerprint density at radius 3 is 2.58 bits per heavy atom. The molecule has 0 spiro atoms. The average molecular weight is 286 g/mol. The SMILES string of the molecule is O=[N+]([O-])c1ccc(N2CCCCC2)c(OS(=O)O)c1. The van der Waals surface area contributed by atoms with E-state index in [9.17, 15) is 14.3 Å². The zero-order valence-corrected chi connectivity index (χ0v) is 11.0. The molecule has 0 radical (unpaired) electrons. The third-order valence-corrected chi connectivity index (χ3v) is 3.33. The molecule has 0 aromatic heterocycles. The summed E-state index contributed by atoms with van der Waals surface area (Å²) in [7, 11) is 0. The van der Waals surface area contributed by atoms with Crippen molar-refractivity contribution < 1.29 is 17.9 Å². The highest BCUT2D eigenvalue weighted by atomic mass is 32.2. The Kier molecular flexibility index (Phi) is 4.33. The molecule has 1 heterocycles. The lowest BCUT2D eigenvalue weighted by Crippen LogP contribution is -2.29. The highest BCUT2D eigenvalue weighted by molar-refractivity contribution is 7.74. The zero-order chi connectivity index (χ0) is 13.8. The van der Waals surface area contributed by atoms with Crippen LogP contribution >= 0.6 is 0 Å². The first-order valence-electron chi connectivity index (χ1n) is 5.90. The van der Waals surface area contributed by atoms with Gasteiger partial charge in [0, 0.05) is 19.2 Å². The third kappa shape index (κ3) is 3.42. The van der Waals surface area contributed by atoms with Gasteiger partial charge in [0.25, 0.3) is 5.69 Å². The van der Waals surface area contributed by atoms with Crippen LogP contribution in [0.25, 0.3) is 0 Å². The summed E-state index contributed by atoms with van der Waals surface area (Å²) >= 11 is -2.50. The maximum absolute atomic E-state index is 10.8. The first-order valence-corrected chi connectivity index (χ1v) is 6.93. The number of nitro groups is 1. The molecule has 0 bridgehead atoms. The van der Waals surface area contributed by atoms with Crippen molar-refractivity contribution >= 4 is 22.7 Å². The summed E-state index contributed by atoms with van der Waals surface area (Å²) in [5.41, 5.74) is 0.453. The van der Waals surface area contributed by atoms with E-state index in [1.54, 1.807) is 6.07 Å². The number of anilines is 1. The summed E-state index contributed by atoms with van der Waals surface area (Å²) in [6.45, 7) is 1.62. The van der Waals surface area contributed by atoms with E-state index >= 15 is 0 Å². The number of rotatable bonds is 4. The average Bonchev–Trinajstić information content (AvgIpc) is 2.39. The molecule has 104 valence electrons. The molecule has 19 heavy (non-hydrogen) atoms. The summed E-state index contributed by atoms with van der Waals surface area (Å²) in [6, 6.07) is 4.11. The molecule has 1 saturated heterocycles. The van der Waals surface area contributed by atoms with Gasteiger partial charge in [-0.05, 0) is 25.3 Å². The molecule has 1 unspecified atom stereocenters. The van der Waals surface area contributed by atoms with Gasteiger partial charge < -0.3 is 9.08 Å². The standard InChI is InChI=1S/C11H14N2O5S/c14-13(15)9-4-5-10(11(8-9)18-19(16)17)12-6-2-1-3-7-12/h4-5,8H,1-3,6-7H2,(H,16,17). The largest absolute Gasteiger partial charge is 0.378 e. The van der Waals surface area contributed by atoms with Gasteiger partial charge in [-0.3, -0.25) is 14.7 Å². The lowest BCUT2D eigenvalue weighted by atomic mass is 10.1. The van der Waals surface area contributed by atoms with Crippen LogP contribution in [0.4, 0.5) is 11.4 Å². The van der Waals surface area contributed by atoms with Crippen LogP contribution in [-0.2, 0) is 11.4 Å². The van der Waals surface area contributed by atoms with Crippen molar-refractivity contribution in [1.82, 2.24) is 0 Å². The van der Waals surface area contributed by atoms with Crippen molar-refractivity contribution in [2.75, 3.05) is 18.0 Å². The monoisotopic (exact) mass is 286 g/mol.